The van der Waals surface area contributed by atoms with Crippen molar-refractivity contribution in [3.05, 3.63) is 46.0 Å². The van der Waals surface area contributed by atoms with Gasteiger partial charge in [0.05, 0.1) is 29.0 Å². The molecule has 0 unspecified atom stereocenters. The van der Waals surface area contributed by atoms with Crippen molar-refractivity contribution in [1.29, 1.82) is 5.26 Å². The SMILES string of the molecule is CCCCOC(=O)CSC1=C(C#N)[C@H](c2ccc(C(C)C)cc2)CC(=O)N1. The van der Waals surface area contributed by atoms with Crippen molar-refractivity contribution in [3.8, 4) is 6.07 Å². The fourth-order valence-corrected chi connectivity index (χ4v) is 3.71. The Morgan fingerprint density at radius 3 is 2.67 bits per heavy atom. The van der Waals surface area contributed by atoms with E-state index in [0.29, 0.717) is 23.1 Å². The van der Waals surface area contributed by atoms with Crippen molar-refractivity contribution >= 4 is 23.6 Å². The van der Waals surface area contributed by atoms with E-state index in [1.807, 2.05) is 31.2 Å². The van der Waals surface area contributed by atoms with E-state index in [1.54, 1.807) is 0 Å². The summed E-state index contributed by atoms with van der Waals surface area (Å²) in [6.07, 6.45) is 2.01. The number of nitriles is 1. The summed E-state index contributed by atoms with van der Waals surface area (Å²) in [4.78, 5) is 24.0. The molecule has 0 aliphatic carbocycles. The van der Waals surface area contributed by atoms with E-state index in [4.69, 9.17) is 4.74 Å². The number of nitrogens with zero attached hydrogens (tertiary/aromatic N) is 1. The van der Waals surface area contributed by atoms with Crippen molar-refractivity contribution < 1.29 is 14.3 Å². The number of unbranched alkanes of at least 4 members (excludes halogenated alkanes) is 1. The maximum Gasteiger partial charge on any atom is 0.316 e. The molecule has 5 nitrogen and oxygen atoms in total. The Labute approximate surface area is 165 Å². The van der Waals surface area contributed by atoms with E-state index in [0.717, 1.165) is 30.2 Å². The Hall–Kier alpha value is -2.26. The number of thioether (sulfide) groups is 1. The van der Waals surface area contributed by atoms with E-state index < -0.39 is 0 Å². The zero-order valence-corrected chi connectivity index (χ0v) is 16.9. The van der Waals surface area contributed by atoms with Gasteiger partial charge >= 0.3 is 5.97 Å². The maximum absolute atomic E-state index is 12.2. The van der Waals surface area contributed by atoms with E-state index in [2.05, 4.69) is 25.2 Å². The van der Waals surface area contributed by atoms with E-state index in [1.165, 1.54) is 5.56 Å². The van der Waals surface area contributed by atoms with Crippen LogP contribution >= 0.6 is 11.8 Å². The number of carbonyl (C=O) groups excluding carboxylic acids is 2. The molecule has 6 heteroatoms. The Morgan fingerprint density at radius 2 is 2.07 bits per heavy atom. The lowest BCUT2D eigenvalue weighted by Gasteiger charge is -2.25. The number of nitrogens with one attached hydrogen (secondary N) is 1. The molecule has 0 fully saturated rings. The number of benzene rings is 1. The number of allylic oxidation sites excluding steroid dienone is 1. The van der Waals surface area contributed by atoms with Crippen molar-refractivity contribution in [2.24, 2.45) is 0 Å². The highest BCUT2D eigenvalue weighted by Gasteiger charge is 2.30. The number of rotatable bonds is 8. The average Bonchev–Trinajstić information content (AvgIpc) is 2.66. The molecule has 1 aromatic carbocycles. The summed E-state index contributed by atoms with van der Waals surface area (Å²) in [7, 11) is 0. The number of carbonyl (C=O) groups is 2. The summed E-state index contributed by atoms with van der Waals surface area (Å²) < 4.78 is 5.14. The quantitative estimate of drug-likeness (QED) is 0.534. The second-order valence-electron chi connectivity index (χ2n) is 6.84. The molecule has 1 aliphatic rings. The third kappa shape index (κ3) is 5.86. The van der Waals surface area contributed by atoms with Gasteiger partial charge in [-0.2, -0.15) is 5.26 Å². The van der Waals surface area contributed by atoms with Crippen LogP contribution in [0.3, 0.4) is 0 Å². The minimum absolute atomic E-state index is 0.0729. The molecule has 2 rings (SSSR count). The molecule has 0 radical (unpaired) electrons. The predicted molar refractivity (Wildman–Crippen MR) is 107 cm³/mol. The Kier molecular flexibility index (Phi) is 7.93. The lowest BCUT2D eigenvalue weighted by Crippen LogP contribution is -2.31. The van der Waals surface area contributed by atoms with Gasteiger partial charge in [0.1, 0.15) is 0 Å². The van der Waals surface area contributed by atoms with Crippen LogP contribution < -0.4 is 5.32 Å². The second kappa shape index (κ2) is 10.2. The van der Waals surface area contributed by atoms with Crippen LogP contribution in [-0.4, -0.2) is 24.2 Å². The number of esters is 1. The van der Waals surface area contributed by atoms with Crippen LogP contribution in [0.1, 0.15) is 63.0 Å². The zero-order valence-electron chi connectivity index (χ0n) is 16.1. The summed E-state index contributed by atoms with van der Waals surface area (Å²) in [6, 6.07) is 10.3. The molecule has 0 spiro atoms. The molecule has 0 saturated heterocycles. The lowest BCUT2D eigenvalue weighted by atomic mass is 9.86. The second-order valence-corrected chi connectivity index (χ2v) is 7.83. The predicted octanol–water partition coefficient (Wildman–Crippen LogP) is 4.23. The molecule has 0 aromatic heterocycles. The highest BCUT2D eigenvalue weighted by Crippen LogP contribution is 2.36. The largest absolute Gasteiger partial charge is 0.465 e. The minimum Gasteiger partial charge on any atom is -0.465 e. The van der Waals surface area contributed by atoms with Gasteiger partial charge in [-0.3, -0.25) is 9.59 Å². The van der Waals surface area contributed by atoms with Crippen molar-refractivity contribution in [1.82, 2.24) is 5.32 Å². The average molecular weight is 387 g/mol. The molecule has 0 bridgehead atoms. The van der Waals surface area contributed by atoms with Gasteiger partial charge in [-0.25, -0.2) is 0 Å². The summed E-state index contributed by atoms with van der Waals surface area (Å²) in [5, 5.41) is 12.9. The fraction of sp³-hybridized carbons (Fsp3) is 0.476. The van der Waals surface area contributed by atoms with Gasteiger partial charge in [-0.05, 0) is 23.5 Å². The molecule has 0 saturated carbocycles. The monoisotopic (exact) mass is 386 g/mol. The van der Waals surface area contributed by atoms with Crippen LogP contribution in [0.15, 0.2) is 34.9 Å². The topological polar surface area (TPSA) is 79.2 Å². The van der Waals surface area contributed by atoms with Gasteiger partial charge < -0.3 is 10.1 Å². The smallest absolute Gasteiger partial charge is 0.316 e. The molecule has 1 heterocycles. The number of hydrogen-bond donors (Lipinski definition) is 1. The van der Waals surface area contributed by atoms with Gasteiger partial charge in [-0.15, -0.1) is 0 Å². The lowest BCUT2D eigenvalue weighted by molar-refractivity contribution is -0.140. The molecular weight excluding hydrogens is 360 g/mol. The standard InChI is InChI=1S/C21H26N2O3S/c1-4-5-10-26-20(25)13-27-21-18(12-22)17(11-19(24)23-21)16-8-6-15(7-9-16)14(2)3/h6-9,14,17H,4-5,10-11,13H2,1-3H3,(H,23,24)/t17-/m0/s1. The number of hydrogen-bond acceptors (Lipinski definition) is 5. The van der Waals surface area contributed by atoms with E-state index in [9.17, 15) is 14.9 Å². The maximum atomic E-state index is 12.2. The first kappa shape index (κ1) is 21.0. The van der Waals surface area contributed by atoms with Crippen molar-refractivity contribution in [2.75, 3.05) is 12.4 Å². The summed E-state index contributed by atoms with van der Waals surface area (Å²) in [6.45, 7) is 6.67. The highest BCUT2D eigenvalue weighted by atomic mass is 32.2. The molecule has 1 amide bonds. The van der Waals surface area contributed by atoms with Crippen molar-refractivity contribution in [3.63, 3.8) is 0 Å². The fourth-order valence-electron chi connectivity index (χ4n) is 2.83. The van der Waals surface area contributed by atoms with Crippen LogP contribution in [0.25, 0.3) is 0 Å². The van der Waals surface area contributed by atoms with Crippen LogP contribution in [0, 0.1) is 11.3 Å². The zero-order chi connectivity index (χ0) is 19.8. The Bertz CT molecular complexity index is 748. The van der Waals surface area contributed by atoms with E-state index >= 15 is 0 Å². The first-order valence-electron chi connectivity index (χ1n) is 9.28. The first-order valence-corrected chi connectivity index (χ1v) is 10.3. The highest BCUT2D eigenvalue weighted by molar-refractivity contribution is 8.03. The first-order chi connectivity index (χ1) is 13.0. The molecule has 1 N–H and O–H groups in total. The van der Waals surface area contributed by atoms with Crippen LogP contribution in [0.5, 0.6) is 0 Å². The van der Waals surface area contributed by atoms with Gasteiger partial charge in [0, 0.05) is 12.3 Å². The molecular formula is C21H26N2O3S. The Morgan fingerprint density at radius 1 is 1.37 bits per heavy atom. The summed E-state index contributed by atoms with van der Waals surface area (Å²) in [5.41, 5.74) is 2.65. The van der Waals surface area contributed by atoms with Gasteiger partial charge in [-0.1, -0.05) is 63.2 Å². The molecule has 1 atom stereocenters. The third-order valence-electron chi connectivity index (χ3n) is 4.46. The molecule has 144 valence electrons. The van der Waals surface area contributed by atoms with Crippen LogP contribution in [-0.2, 0) is 14.3 Å². The van der Waals surface area contributed by atoms with Crippen LogP contribution in [0.4, 0.5) is 0 Å². The Balaban J connectivity index is 2.15. The molecule has 1 aliphatic heterocycles. The van der Waals surface area contributed by atoms with Gasteiger partial charge in [0.2, 0.25) is 5.91 Å². The van der Waals surface area contributed by atoms with E-state index in [-0.39, 0.29) is 30.0 Å². The minimum atomic E-state index is -0.337. The van der Waals surface area contributed by atoms with Gasteiger partial charge in [0.15, 0.2) is 0 Å². The van der Waals surface area contributed by atoms with Gasteiger partial charge in [0.25, 0.3) is 0 Å². The summed E-state index contributed by atoms with van der Waals surface area (Å²) >= 11 is 1.16. The normalized spacial score (nSPS) is 16.9. The van der Waals surface area contributed by atoms with Crippen LogP contribution in [0.2, 0.25) is 0 Å². The molecule has 1 aromatic rings. The number of amides is 1. The number of ether oxygens (including phenoxy) is 1. The third-order valence-corrected chi connectivity index (χ3v) is 5.45. The summed E-state index contributed by atoms with van der Waals surface area (Å²) in [5.74, 6) is -0.276. The molecule has 27 heavy (non-hydrogen) atoms. The van der Waals surface area contributed by atoms with Crippen molar-refractivity contribution in [2.45, 2.75) is 51.9 Å².